The summed E-state index contributed by atoms with van der Waals surface area (Å²) in [5.74, 6) is 0. The van der Waals surface area contributed by atoms with E-state index in [0.29, 0.717) is 0 Å². The molecule has 0 unspecified atom stereocenters. The molecule has 3 aromatic rings. The van der Waals surface area contributed by atoms with Crippen molar-refractivity contribution in [2.75, 3.05) is 6.54 Å². The van der Waals surface area contributed by atoms with Gasteiger partial charge >= 0.3 is 0 Å². The molecule has 0 bridgehead atoms. The molecule has 0 radical (unpaired) electrons. The number of benzene rings is 1. The van der Waals surface area contributed by atoms with Gasteiger partial charge < -0.3 is 9.72 Å². The summed E-state index contributed by atoms with van der Waals surface area (Å²) >= 11 is 0. The summed E-state index contributed by atoms with van der Waals surface area (Å²) in [6.45, 7) is 3.90. The van der Waals surface area contributed by atoms with Crippen molar-refractivity contribution >= 4 is 5.65 Å². The van der Waals surface area contributed by atoms with Crippen LogP contribution in [0.1, 0.15) is 17.0 Å². The third kappa shape index (κ3) is 2.73. The maximum absolute atomic E-state index is 4.57. The van der Waals surface area contributed by atoms with Crippen molar-refractivity contribution in [3.05, 3.63) is 71.7 Å². The first-order valence-corrected chi connectivity index (χ1v) is 7.02. The van der Waals surface area contributed by atoms with Crippen molar-refractivity contribution in [3.63, 3.8) is 0 Å². The van der Waals surface area contributed by atoms with Gasteiger partial charge in [-0.3, -0.25) is 0 Å². The highest BCUT2D eigenvalue weighted by atomic mass is 15.0. The number of nitrogens with zero attached hydrogens (tertiary/aromatic N) is 2. The Morgan fingerprint density at radius 2 is 1.85 bits per heavy atom. The van der Waals surface area contributed by atoms with Gasteiger partial charge in [-0.15, -0.1) is 0 Å². The Kier molecular flexibility index (Phi) is 3.79. The van der Waals surface area contributed by atoms with Crippen LogP contribution in [0.2, 0.25) is 0 Å². The van der Waals surface area contributed by atoms with E-state index in [1.165, 1.54) is 11.3 Å². The first-order valence-electron chi connectivity index (χ1n) is 7.02. The molecular formula is C17H19N3. The van der Waals surface area contributed by atoms with Crippen LogP contribution in [0.3, 0.4) is 0 Å². The van der Waals surface area contributed by atoms with Crippen molar-refractivity contribution in [3.8, 4) is 0 Å². The van der Waals surface area contributed by atoms with Gasteiger partial charge in [0, 0.05) is 12.7 Å². The molecule has 3 rings (SSSR count). The lowest BCUT2D eigenvalue weighted by atomic mass is 10.1. The number of aromatic nitrogens is 2. The summed E-state index contributed by atoms with van der Waals surface area (Å²) in [6, 6.07) is 16.7. The minimum atomic E-state index is 0.851. The minimum absolute atomic E-state index is 0.851. The lowest BCUT2D eigenvalue weighted by Gasteiger charge is -2.06. The monoisotopic (exact) mass is 265 g/mol. The molecule has 20 heavy (non-hydrogen) atoms. The molecule has 1 aromatic carbocycles. The van der Waals surface area contributed by atoms with Crippen LogP contribution < -0.4 is 5.32 Å². The van der Waals surface area contributed by atoms with E-state index in [1.807, 2.05) is 18.2 Å². The van der Waals surface area contributed by atoms with Gasteiger partial charge in [0.2, 0.25) is 0 Å². The first kappa shape index (κ1) is 12.9. The number of nitrogens with one attached hydrogen (secondary N) is 1. The van der Waals surface area contributed by atoms with Crippen LogP contribution in [0, 0.1) is 6.92 Å². The predicted molar refractivity (Wildman–Crippen MR) is 81.8 cm³/mol. The number of aryl methyl sites for hydroxylation is 1. The normalized spacial score (nSPS) is 11.1. The summed E-state index contributed by atoms with van der Waals surface area (Å²) in [4.78, 5) is 4.57. The van der Waals surface area contributed by atoms with E-state index < -0.39 is 0 Å². The van der Waals surface area contributed by atoms with Gasteiger partial charge in [-0.2, -0.15) is 0 Å². The van der Waals surface area contributed by atoms with Gasteiger partial charge in [-0.25, -0.2) is 4.98 Å². The Hall–Kier alpha value is -2.13. The van der Waals surface area contributed by atoms with Crippen LogP contribution in [-0.4, -0.2) is 15.9 Å². The molecule has 3 heteroatoms. The molecule has 0 atom stereocenters. The molecule has 2 heterocycles. The third-order valence-electron chi connectivity index (χ3n) is 3.55. The highest BCUT2D eigenvalue weighted by Crippen LogP contribution is 2.11. The van der Waals surface area contributed by atoms with Gasteiger partial charge in [0.15, 0.2) is 0 Å². The van der Waals surface area contributed by atoms with Crippen LogP contribution in [0.15, 0.2) is 54.7 Å². The average Bonchev–Trinajstić information content (AvgIpc) is 2.80. The Morgan fingerprint density at radius 3 is 2.70 bits per heavy atom. The van der Waals surface area contributed by atoms with Gasteiger partial charge in [-0.1, -0.05) is 36.4 Å². The fraction of sp³-hybridized carbons (Fsp3) is 0.235. The summed E-state index contributed by atoms with van der Waals surface area (Å²) in [5, 5.41) is 3.51. The predicted octanol–water partition coefficient (Wildman–Crippen LogP) is 2.98. The van der Waals surface area contributed by atoms with Gasteiger partial charge in [0.25, 0.3) is 0 Å². The second kappa shape index (κ2) is 5.88. The zero-order chi connectivity index (χ0) is 13.8. The van der Waals surface area contributed by atoms with Crippen molar-refractivity contribution in [1.29, 1.82) is 0 Å². The van der Waals surface area contributed by atoms with E-state index in [2.05, 4.69) is 58.2 Å². The first-order chi connectivity index (χ1) is 9.84. The van der Waals surface area contributed by atoms with Crippen molar-refractivity contribution in [1.82, 2.24) is 14.7 Å². The van der Waals surface area contributed by atoms with Crippen LogP contribution in [0.25, 0.3) is 5.65 Å². The van der Waals surface area contributed by atoms with Crippen molar-refractivity contribution in [2.45, 2.75) is 19.9 Å². The van der Waals surface area contributed by atoms with E-state index in [4.69, 9.17) is 0 Å². The molecule has 0 fully saturated rings. The molecule has 102 valence electrons. The second-order valence-electron chi connectivity index (χ2n) is 4.99. The molecule has 2 aromatic heterocycles. The maximum Gasteiger partial charge on any atom is 0.137 e. The van der Waals surface area contributed by atoms with E-state index in [0.717, 1.165) is 30.9 Å². The maximum atomic E-state index is 4.57. The molecule has 1 N–H and O–H groups in total. The smallest absolute Gasteiger partial charge is 0.137 e. The van der Waals surface area contributed by atoms with E-state index in [-0.39, 0.29) is 0 Å². The van der Waals surface area contributed by atoms with Crippen LogP contribution in [0.4, 0.5) is 0 Å². The fourth-order valence-electron chi connectivity index (χ4n) is 2.46. The number of pyridine rings is 1. The van der Waals surface area contributed by atoms with Gasteiger partial charge in [-0.05, 0) is 37.6 Å². The third-order valence-corrected chi connectivity index (χ3v) is 3.55. The summed E-state index contributed by atoms with van der Waals surface area (Å²) in [6.07, 6.45) is 3.13. The molecular weight excluding hydrogens is 246 g/mol. The standard InChI is InChI=1S/C17H19N3/c1-14-16(20-12-6-5-9-17(20)19-14)13-18-11-10-15-7-3-2-4-8-15/h2-9,12,18H,10-11,13H2,1H3. The summed E-state index contributed by atoms with van der Waals surface area (Å²) < 4.78 is 2.16. The van der Waals surface area contributed by atoms with Crippen LogP contribution in [-0.2, 0) is 13.0 Å². The summed E-state index contributed by atoms with van der Waals surface area (Å²) in [5.41, 5.74) is 4.73. The molecule has 0 aliphatic rings. The Labute approximate surface area is 119 Å². The van der Waals surface area contributed by atoms with Crippen LogP contribution in [0.5, 0.6) is 0 Å². The second-order valence-corrected chi connectivity index (χ2v) is 4.99. The van der Waals surface area contributed by atoms with Crippen molar-refractivity contribution in [2.24, 2.45) is 0 Å². The highest BCUT2D eigenvalue weighted by Gasteiger charge is 2.06. The number of hydrogen-bond donors (Lipinski definition) is 1. The summed E-state index contributed by atoms with van der Waals surface area (Å²) in [7, 11) is 0. The largest absolute Gasteiger partial charge is 0.311 e. The topological polar surface area (TPSA) is 29.3 Å². The molecule has 3 nitrogen and oxygen atoms in total. The van der Waals surface area contributed by atoms with E-state index in [1.54, 1.807) is 0 Å². The van der Waals surface area contributed by atoms with Gasteiger partial charge in [0.05, 0.1) is 11.4 Å². The van der Waals surface area contributed by atoms with Gasteiger partial charge in [0.1, 0.15) is 5.65 Å². The number of fused-ring (bicyclic) bond motifs is 1. The number of imidazole rings is 1. The SMILES string of the molecule is Cc1nc2ccccn2c1CNCCc1ccccc1. The Morgan fingerprint density at radius 1 is 1.05 bits per heavy atom. The Balaban J connectivity index is 1.61. The zero-order valence-corrected chi connectivity index (χ0v) is 11.7. The fourth-order valence-corrected chi connectivity index (χ4v) is 2.46. The molecule has 0 aliphatic heterocycles. The zero-order valence-electron chi connectivity index (χ0n) is 11.7. The Bertz CT molecular complexity index is 686. The van der Waals surface area contributed by atoms with Crippen molar-refractivity contribution < 1.29 is 0 Å². The highest BCUT2D eigenvalue weighted by molar-refractivity contribution is 5.42. The average molecular weight is 265 g/mol. The molecule has 0 saturated carbocycles. The number of rotatable bonds is 5. The quantitative estimate of drug-likeness (QED) is 0.719. The lowest BCUT2D eigenvalue weighted by molar-refractivity contribution is 0.668. The molecule has 0 aliphatic carbocycles. The van der Waals surface area contributed by atoms with Crippen LogP contribution >= 0.6 is 0 Å². The molecule has 0 amide bonds. The molecule has 0 saturated heterocycles. The van der Waals surface area contributed by atoms with E-state index >= 15 is 0 Å². The number of hydrogen-bond acceptors (Lipinski definition) is 2. The lowest BCUT2D eigenvalue weighted by Crippen LogP contribution is -2.18. The minimum Gasteiger partial charge on any atom is -0.311 e. The molecule has 0 spiro atoms. The van der Waals surface area contributed by atoms with E-state index in [9.17, 15) is 0 Å².